The summed E-state index contributed by atoms with van der Waals surface area (Å²) in [7, 11) is 0. The van der Waals surface area contributed by atoms with Crippen LogP contribution in [0.1, 0.15) is 40.4 Å². The summed E-state index contributed by atoms with van der Waals surface area (Å²) in [6.45, 7) is 2.04. The molecule has 0 aliphatic carbocycles. The molecule has 3 aromatic rings. The van der Waals surface area contributed by atoms with Crippen molar-refractivity contribution in [3.63, 3.8) is 0 Å². The van der Waals surface area contributed by atoms with E-state index in [-0.39, 0.29) is 11.9 Å². The molecular formula is C25H22ClNO3. The molecule has 4 nitrogen and oxygen atoms in total. The Morgan fingerprint density at radius 1 is 0.933 bits per heavy atom. The Kier molecular flexibility index (Phi) is 5.60. The van der Waals surface area contributed by atoms with Gasteiger partial charge >= 0.3 is 5.97 Å². The highest BCUT2D eigenvalue weighted by molar-refractivity contribution is 6.31. The van der Waals surface area contributed by atoms with Gasteiger partial charge in [-0.2, -0.15) is 0 Å². The van der Waals surface area contributed by atoms with Gasteiger partial charge in [-0.15, -0.1) is 0 Å². The second-order valence-electron chi connectivity index (χ2n) is 7.63. The largest absolute Gasteiger partial charge is 0.480 e. The minimum absolute atomic E-state index is 0.291. The van der Waals surface area contributed by atoms with Crippen molar-refractivity contribution in [2.45, 2.75) is 31.8 Å². The summed E-state index contributed by atoms with van der Waals surface area (Å²) in [5.41, 5.74) is 4.50. The van der Waals surface area contributed by atoms with Gasteiger partial charge in [-0.25, -0.2) is 4.79 Å². The number of likely N-dealkylation sites (tertiary alicyclic amines) is 1. The Bertz CT molecular complexity index is 1090. The van der Waals surface area contributed by atoms with Gasteiger partial charge in [0.05, 0.1) is 6.04 Å². The topological polar surface area (TPSA) is 57.6 Å². The van der Waals surface area contributed by atoms with Gasteiger partial charge in [-0.3, -0.25) is 4.79 Å². The van der Waals surface area contributed by atoms with Crippen molar-refractivity contribution in [1.29, 1.82) is 0 Å². The molecule has 1 aliphatic rings. The molecule has 0 radical (unpaired) electrons. The molecule has 0 saturated carbocycles. The van der Waals surface area contributed by atoms with Crippen molar-refractivity contribution < 1.29 is 14.7 Å². The van der Waals surface area contributed by atoms with Crippen LogP contribution in [0.15, 0.2) is 72.8 Å². The minimum atomic E-state index is -0.991. The van der Waals surface area contributed by atoms with Gasteiger partial charge in [-0.05, 0) is 54.7 Å². The summed E-state index contributed by atoms with van der Waals surface area (Å²) < 4.78 is 0. The Labute approximate surface area is 180 Å². The molecule has 5 heteroatoms. The van der Waals surface area contributed by atoms with Crippen LogP contribution in [0.3, 0.4) is 0 Å². The van der Waals surface area contributed by atoms with Gasteiger partial charge in [0.15, 0.2) is 0 Å². The van der Waals surface area contributed by atoms with Gasteiger partial charge in [-0.1, -0.05) is 71.8 Å². The van der Waals surface area contributed by atoms with E-state index in [1.807, 2.05) is 55.5 Å². The molecular weight excluding hydrogens is 398 g/mol. The number of aryl methyl sites for hydroxylation is 1. The van der Waals surface area contributed by atoms with E-state index in [4.69, 9.17) is 11.6 Å². The van der Waals surface area contributed by atoms with Crippen LogP contribution in [0.5, 0.6) is 0 Å². The Balaban J connectivity index is 1.66. The van der Waals surface area contributed by atoms with Crippen molar-refractivity contribution in [3.05, 3.63) is 94.5 Å². The summed E-state index contributed by atoms with van der Waals surface area (Å²) in [5, 5.41) is 10.2. The second-order valence-corrected chi connectivity index (χ2v) is 8.04. The number of carboxylic acids is 1. The van der Waals surface area contributed by atoms with Crippen LogP contribution < -0.4 is 0 Å². The Morgan fingerprint density at radius 2 is 1.67 bits per heavy atom. The van der Waals surface area contributed by atoms with Gasteiger partial charge in [0, 0.05) is 10.6 Å². The number of aliphatic carboxylic acids is 1. The van der Waals surface area contributed by atoms with Crippen LogP contribution in [0.25, 0.3) is 11.1 Å². The normalized spacial score (nSPS) is 18.4. The molecule has 0 bridgehead atoms. The van der Waals surface area contributed by atoms with Crippen molar-refractivity contribution >= 4 is 23.5 Å². The summed E-state index contributed by atoms with van der Waals surface area (Å²) in [5.74, 6) is -1.28. The Morgan fingerprint density at radius 3 is 2.33 bits per heavy atom. The average molecular weight is 420 g/mol. The SMILES string of the molecule is Cc1cccc(-c2ccc(C(=O)N3[C@@H](c4ccccc4Cl)CC[C@H]3C(=O)O)cc2)c1. The first-order valence-electron chi connectivity index (χ1n) is 9.92. The van der Waals surface area contributed by atoms with Gasteiger partial charge in [0.1, 0.15) is 6.04 Å². The van der Waals surface area contributed by atoms with Gasteiger partial charge in [0.25, 0.3) is 5.91 Å². The number of amides is 1. The average Bonchev–Trinajstić information content (AvgIpc) is 3.19. The smallest absolute Gasteiger partial charge is 0.326 e. The fraction of sp³-hybridized carbons (Fsp3) is 0.200. The van der Waals surface area contributed by atoms with Crippen LogP contribution in [-0.2, 0) is 4.79 Å². The predicted molar refractivity (Wildman–Crippen MR) is 118 cm³/mol. The molecule has 0 aromatic heterocycles. The molecule has 4 rings (SSSR count). The third kappa shape index (κ3) is 3.83. The number of hydrogen-bond acceptors (Lipinski definition) is 2. The molecule has 1 fully saturated rings. The van der Waals surface area contributed by atoms with E-state index in [2.05, 4.69) is 6.07 Å². The number of benzene rings is 3. The van der Waals surface area contributed by atoms with E-state index in [0.717, 1.165) is 22.3 Å². The monoisotopic (exact) mass is 419 g/mol. The van der Waals surface area contributed by atoms with E-state index in [9.17, 15) is 14.7 Å². The van der Waals surface area contributed by atoms with Crippen LogP contribution in [0, 0.1) is 6.92 Å². The summed E-state index contributed by atoms with van der Waals surface area (Å²) in [6, 6.07) is 21.6. The van der Waals surface area contributed by atoms with Crippen molar-refractivity contribution in [1.82, 2.24) is 4.90 Å². The van der Waals surface area contributed by atoms with E-state index >= 15 is 0 Å². The first kappa shape index (κ1) is 20.2. The van der Waals surface area contributed by atoms with Crippen molar-refractivity contribution in [3.8, 4) is 11.1 Å². The fourth-order valence-corrected chi connectivity index (χ4v) is 4.43. The molecule has 1 aliphatic heterocycles. The highest BCUT2D eigenvalue weighted by Gasteiger charge is 2.42. The zero-order valence-electron chi connectivity index (χ0n) is 16.6. The highest BCUT2D eigenvalue weighted by Crippen LogP contribution is 2.40. The van der Waals surface area contributed by atoms with Gasteiger partial charge in [0.2, 0.25) is 0 Å². The lowest BCUT2D eigenvalue weighted by Crippen LogP contribution is -2.41. The number of rotatable bonds is 4. The van der Waals surface area contributed by atoms with E-state index in [1.54, 1.807) is 18.2 Å². The predicted octanol–water partition coefficient (Wildman–Crippen LogP) is 5.75. The van der Waals surface area contributed by atoms with Crippen LogP contribution in [0.2, 0.25) is 5.02 Å². The first-order chi connectivity index (χ1) is 14.5. The number of carbonyl (C=O) groups excluding carboxylic acids is 1. The molecule has 3 aromatic carbocycles. The molecule has 30 heavy (non-hydrogen) atoms. The zero-order chi connectivity index (χ0) is 21.3. The fourth-order valence-electron chi connectivity index (χ4n) is 4.17. The number of nitrogens with zero attached hydrogens (tertiary/aromatic N) is 1. The van der Waals surface area contributed by atoms with E-state index < -0.39 is 12.0 Å². The van der Waals surface area contributed by atoms with E-state index in [0.29, 0.717) is 23.4 Å². The lowest BCUT2D eigenvalue weighted by Gasteiger charge is -2.29. The maximum Gasteiger partial charge on any atom is 0.326 e. The first-order valence-corrected chi connectivity index (χ1v) is 10.3. The molecule has 1 amide bonds. The number of halogens is 1. The van der Waals surface area contributed by atoms with Crippen molar-refractivity contribution in [2.24, 2.45) is 0 Å². The molecule has 0 spiro atoms. The van der Waals surface area contributed by atoms with E-state index in [1.165, 1.54) is 4.90 Å². The standard InChI is InChI=1S/C25H22ClNO3/c1-16-5-4-6-19(15-16)17-9-11-18(12-10-17)24(28)27-22(13-14-23(27)25(29)30)20-7-2-3-8-21(20)26/h2-12,15,22-23H,13-14H2,1H3,(H,29,30)/t22-,23+/m1/s1. The number of carbonyl (C=O) groups is 2. The van der Waals surface area contributed by atoms with Crippen LogP contribution >= 0.6 is 11.6 Å². The molecule has 152 valence electrons. The number of carboxylic acid groups (broad SMARTS) is 1. The van der Waals surface area contributed by atoms with Crippen molar-refractivity contribution in [2.75, 3.05) is 0 Å². The molecule has 1 N–H and O–H groups in total. The number of hydrogen-bond donors (Lipinski definition) is 1. The minimum Gasteiger partial charge on any atom is -0.480 e. The summed E-state index contributed by atoms with van der Waals surface area (Å²) >= 11 is 6.36. The third-order valence-corrected chi connectivity index (χ3v) is 6.00. The molecule has 1 heterocycles. The second kappa shape index (κ2) is 8.33. The maximum atomic E-state index is 13.4. The van der Waals surface area contributed by atoms with Crippen LogP contribution in [-0.4, -0.2) is 27.9 Å². The lowest BCUT2D eigenvalue weighted by molar-refractivity contribution is -0.141. The molecule has 1 saturated heterocycles. The lowest BCUT2D eigenvalue weighted by atomic mass is 10.0. The quantitative estimate of drug-likeness (QED) is 0.586. The Hall–Kier alpha value is -3.11. The maximum absolute atomic E-state index is 13.4. The summed E-state index contributed by atoms with van der Waals surface area (Å²) in [4.78, 5) is 26.7. The zero-order valence-corrected chi connectivity index (χ0v) is 17.3. The van der Waals surface area contributed by atoms with Crippen LogP contribution in [0.4, 0.5) is 0 Å². The summed E-state index contributed by atoms with van der Waals surface area (Å²) in [6.07, 6.45) is 0.964. The highest BCUT2D eigenvalue weighted by atomic mass is 35.5. The molecule has 2 atom stereocenters. The third-order valence-electron chi connectivity index (χ3n) is 5.65. The molecule has 0 unspecified atom stereocenters. The van der Waals surface area contributed by atoms with Gasteiger partial charge < -0.3 is 10.0 Å².